The maximum atomic E-state index is 4.62. The largest absolute Gasteiger partial charge is 0.354 e. The summed E-state index contributed by atoms with van der Waals surface area (Å²) in [5.74, 6) is 1.13. The van der Waals surface area contributed by atoms with E-state index in [4.69, 9.17) is 0 Å². The molecule has 2 rings (SSSR count). The number of nitrogens with zero attached hydrogens (tertiary/aromatic N) is 3. The Balaban J connectivity index is 2.01. The van der Waals surface area contributed by atoms with E-state index < -0.39 is 0 Å². The Hall–Kier alpha value is -1.13. The molecule has 4 nitrogen and oxygen atoms in total. The van der Waals surface area contributed by atoms with E-state index in [0.29, 0.717) is 6.04 Å². The molecular weight excluding hydrogens is 236 g/mol. The van der Waals surface area contributed by atoms with E-state index in [1.165, 1.54) is 11.1 Å². The third-order valence-corrected chi connectivity index (χ3v) is 3.94. The summed E-state index contributed by atoms with van der Waals surface area (Å²) in [5, 5.41) is 3.18. The summed E-state index contributed by atoms with van der Waals surface area (Å²) in [6, 6.07) is 2.87. The maximum Gasteiger partial charge on any atom is 0.128 e. The maximum absolute atomic E-state index is 4.62. The Morgan fingerprint density at radius 3 is 2.47 bits per heavy atom. The van der Waals surface area contributed by atoms with Crippen molar-refractivity contribution in [2.75, 3.05) is 38.1 Å². The van der Waals surface area contributed by atoms with Crippen molar-refractivity contribution in [1.82, 2.24) is 15.2 Å². The first-order valence-electron chi connectivity index (χ1n) is 7.21. The Morgan fingerprint density at radius 2 is 1.95 bits per heavy atom. The number of hydrogen-bond acceptors (Lipinski definition) is 4. The highest BCUT2D eigenvalue weighted by Gasteiger charge is 2.19. The molecule has 106 valence electrons. The monoisotopic (exact) mass is 262 g/mol. The van der Waals surface area contributed by atoms with Crippen molar-refractivity contribution < 1.29 is 0 Å². The molecule has 0 bridgehead atoms. The van der Waals surface area contributed by atoms with Crippen LogP contribution in [0.1, 0.15) is 25.0 Å². The van der Waals surface area contributed by atoms with Crippen molar-refractivity contribution >= 4 is 5.82 Å². The van der Waals surface area contributed by atoms with Crippen LogP contribution in [0.5, 0.6) is 0 Å². The minimum absolute atomic E-state index is 0.648. The first kappa shape index (κ1) is 14.3. The molecule has 1 saturated heterocycles. The van der Waals surface area contributed by atoms with Gasteiger partial charge in [-0.05, 0) is 45.0 Å². The van der Waals surface area contributed by atoms with Crippen LogP contribution in [0.3, 0.4) is 0 Å². The summed E-state index contributed by atoms with van der Waals surface area (Å²) in [5.41, 5.74) is 2.61. The van der Waals surface area contributed by atoms with E-state index in [9.17, 15) is 0 Å². The van der Waals surface area contributed by atoms with Crippen LogP contribution < -0.4 is 10.2 Å². The SMILES string of the molecule is CNCc1cnc(N2CCN(C(C)C)CC2)cc1C. The van der Waals surface area contributed by atoms with Gasteiger partial charge in [0.05, 0.1) is 0 Å². The molecule has 0 atom stereocenters. The van der Waals surface area contributed by atoms with E-state index in [-0.39, 0.29) is 0 Å². The smallest absolute Gasteiger partial charge is 0.128 e. The molecule has 1 fully saturated rings. The number of nitrogens with one attached hydrogen (secondary N) is 1. The van der Waals surface area contributed by atoms with Crippen molar-refractivity contribution in [1.29, 1.82) is 0 Å². The summed E-state index contributed by atoms with van der Waals surface area (Å²) in [4.78, 5) is 9.54. The number of aryl methyl sites for hydroxylation is 1. The lowest BCUT2D eigenvalue weighted by Crippen LogP contribution is -2.49. The van der Waals surface area contributed by atoms with Crippen molar-refractivity contribution in [2.45, 2.75) is 33.4 Å². The first-order chi connectivity index (χ1) is 9.11. The van der Waals surface area contributed by atoms with Gasteiger partial charge in [-0.15, -0.1) is 0 Å². The highest BCUT2D eigenvalue weighted by Crippen LogP contribution is 2.18. The van der Waals surface area contributed by atoms with Crippen molar-refractivity contribution in [3.8, 4) is 0 Å². The zero-order valence-electron chi connectivity index (χ0n) is 12.6. The van der Waals surface area contributed by atoms with E-state index in [0.717, 1.165) is 38.5 Å². The Labute approximate surface area is 116 Å². The van der Waals surface area contributed by atoms with Gasteiger partial charge in [0.2, 0.25) is 0 Å². The fourth-order valence-electron chi connectivity index (χ4n) is 2.59. The number of pyridine rings is 1. The van der Waals surface area contributed by atoms with Crippen molar-refractivity contribution in [3.63, 3.8) is 0 Å². The highest BCUT2D eigenvalue weighted by molar-refractivity contribution is 5.43. The van der Waals surface area contributed by atoms with Gasteiger partial charge in [-0.3, -0.25) is 4.90 Å². The van der Waals surface area contributed by atoms with E-state index in [2.05, 4.69) is 46.9 Å². The molecule has 0 radical (unpaired) electrons. The van der Waals surface area contributed by atoms with Crippen LogP contribution in [0, 0.1) is 6.92 Å². The third kappa shape index (κ3) is 3.45. The number of rotatable bonds is 4. The molecule has 0 aromatic carbocycles. The van der Waals surface area contributed by atoms with Crippen molar-refractivity contribution in [2.24, 2.45) is 0 Å². The second-order valence-corrected chi connectivity index (χ2v) is 5.62. The fraction of sp³-hybridized carbons (Fsp3) is 0.667. The van der Waals surface area contributed by atoms with Crippen LogP contribution in [0.2, 0.25) is 0 Å². The third-order valence-electron chi connectivity index (χ3n) is 3.94. The normalized spacial score (nSPS) is 17.2. The molecule has 1 aliphatic heterocycles. The second-order valence-electron chi connectivity index (χ2n) is 5.62. The average molecular weight is 262 g/mol. The molecule has 1 aliphatic rings. The molecule has 0 aliphatic carbocycles. The highest BCUT2D eigenvalue weighted by atomic mass is 15.3. The Kier molecular flexibility index (Phi) is 4.77. The topological polar surface area (TPSA) is 31.4 Å². The minimum Gasteiger partial charge on any atom is -0.354 e. The van der Waals surface area contributed by atoms with E-state index in [1.807, 2.05) is 13.2 Å². The van der Waals surface area contributed by atoms with Gasteiger partial charge in [0, 0.05) is 45.0 Å². The lowest BCUT2D eigenvalue weighted by atomic mass is 10.1. The molecule has 0 spiro atoms. The quantitative estimate of drug-likeness (QED) is 0.894. The van der Waals surface area contributed by atoms with Crippen LogP contribution in [0.25, 0.3) is 0 Å². The molecule has 2 heterocycles. The predicted octanol–water partition coefficient (Wildman–Crippen LogP) is 1.64. The number of anilines is 1. The first-order valence-corrected chi connectivity index (χ1v) is 7.21. The van der Waals surface area contributed by atoms with Gasteiger partial charge in [-0.25, -0.2) is 4.98 Å². The number of piperazine rings is 1. The zero-order valence-corrected chi connectivity index (χ0v) is 12.6. The van der Waals surface area contributed by atoms with Gasteiger partial charge in [-0.1, -0.05) is 0 Å². The fourth-order valence-corrected chi connectivity index (χ4v) is 2.59. The lowest BCUT2D eigenvalue weighted by Gasteiger charge is -2.37. The average Bonchev–Trinajstić information content (AvgIpc) is 2.41. The lowest BCUT2D eigenvalue weighted by molar-refractivity contribution is 0.209. The summed E-state index contributed by atoms with van der Waals surface area (Å²) in [6.45, 7) is 12.0. The molecule has 1 aromatic rings. The molecule has 0 amide bonds. The van der Waals surface area contributed by atoms with Gasteiger partial charge < -0.3 is 10.2 Å². The molecule has 1 aromatic heterocycles. The molecule has 4 heteroatoms. The van der Waals surface area contributed by atoms with Gasteiger partial charge in [0.1, 0.15) is 5.82 Å². The summed E-state index contributed by atoms with van der Waals surface area (Å²) in [7, 11) is 1.97. The van der Waals surface area contributed by atoms with Gasteiger partial charge in [0.25, 0.3) is 0 Å². The van der Waals surface area contributed by atoms with E-state index >= 15 is 0 Å². The standard InChI is InChI=1S/C15H26N4/c1-12(2)18-5-7-19(8-6-18)15-9-13(3)14(10-16-4)11-17-15/h9,11-12,16H,5-8,10H2,1-4H3. The van der Waals surface area contributed by atoms with Gasteiger partial charge in [0.15, 0.2) is 0 Å². The summed E-state index contributed by atoms with van der Waals surface area (Å²) >= 11 is 0. The van der Waals surface area contributed by atoms with Crippen LogP contribution >= 0.6 is 0 Å². The van der Waals surface area contributed by atoms with Crippen LogP contribution in [-0.4, -0.2) is 49.2 Å². The van der Waals surface area contributed by atoms with Crippen LogP contribution in [-0.2, 0) is 6.54 Å². The second kappa shape index (κ2) is 6.35. The molecule has 0 saturated carbocycles. The van der Waals surface area contributed by atoms with E-state index in [1.54, 1.807) is 0 Å². The van der Waals surface area contributed by atoms with Crippen LogP contribution in [0.4, 0.5) is 5.82 Å². The molecule has 1 N–H and O–H groups in total. The molecular formula is C15H26N4. The predicted molar refractivity (Wildman–Crippen MR) is 80.7 cm³/mol. The van der Waals surface area contributed by atoms with Gasteiger partial charge >= 0.3 is 0 Å². The number of aromatic nitrogens is 1. The van der Waals surface area contributed by atoms with Crippen molar-refractivity contribution in [3.05, 3.63) is 23.4 Å². The summed E-state index contributed by atoms with van der Waals surface area (Å²) in [6.07, 6.45) is 2.01. The minimum atomic E-state index is 0.648. The van der Waals surface area contributed by atoms with Crippen LogP contribution in [0.15, 0.2) is 12.3 Å². The zero-order chi connectivity index (χ0) is 13.8. The number of hydrogen-bond donors (Lipinski definition) is 1. The Morgan fingerprint density at radius 1 is 1.26 bits per heavy atom. The Bertz CT molecular complexity index is 409. The van der Waals surface area contributed by atoms with Gasteiger partial charge in [-0.2, -0.15) is 0 Å². The molecule has 0 unspecified atom stereocenters. The molecule has 19 heavy (non-hydrogen) atoms. The summed E-state index contributed by atoms with van der Waals surface area (Å²) < 4.78 is 0.